The lowest BCUT2D eigenvalue weighted by Crippen LogP contribution is -2.27. The lowest BCUT2D eigenvalue weighted by Gasteiger charge is -2.19. The van der Waals surface area contributed by atoms with Crippen molar-refractivity contribution in [3.05, 3.63) is 52.2 Å². The number of rotatable bonds is 5. The highest BCUT2D eigenvalue weighted by molar-refractivity contribution is 7.12. The van der Waals surface area contributed by atoms with E-state index in [9.17, 15) is 9.59 Å². The summed E-state index contributed by atoms with van der Waals surface area (Å²) in [6.07, 6.45) is 0.248. The number of carbonyl (C=O) groups is 2. The van der Waals surface area contributed by atoms with Crippen LogP contribution >= 0.6 is 11.3 Å². The van der Waals surface area contributed by atoms with Crippen LogP contribution in [0, 0.1) is 0 Å². The van der Waals surface area contributed by atoms with Crippen LogP contribution in [0.15, 0.2) is 41.8 Å². The van der Waals surface area contributed by atoms with Crippen molar-refractivity contribution >= 4 is 28.8 Å². The number of hydrogen-bond acceptors (Lipinski definition) is 3. The van der Waals surface area contributed by atoms with Gasteiger partial charge in [-0.2, -0.15) is 0 Å². The fourth-order valence-electron chi connectivity index (χ4n) is 2.06. The van der Waals surface area contributed by atoms with Crippen LogP contribution in [0.5, 0.6) is 0 Å². The monoisotopic (exact) mass is 330 g/mol. The number of anilines is 1. The van der Waals surface area contributed by atoms with Crippen molar-refractivity contribution in [3.8, 4) is 0 Å². The SMILES string of the molecule is CC(C)(C)c1ccc(NC(=O)CCNC(=O)c2cccs2)cc1. The molecule has 0 saturated heterocycles. The van der Waals surface area contributed by atoms with Crippen LogP contribution < -0.4 is 10.6 Å². The average Bonchev–Trinajstić information content (AvgIpc) is 3.01. The summed E-state index contributed by atoms with van der Waals surface area (Å²) in [7, 11) is 0. The van der Waals surface area contributed by atoms with Crippen LogP contribution in [0.25, 0.3) is 0 Å². The van der Waals surface area contributed by atoms with Crippen molar-refractivity contribution < 1.29 is 9.59 Å². The fourth-order valence-corrected chi connectivity index (χ4v) is 2.70. The molecule has 2 N–H and O–H groups in total. The summed E-state index contributed by atoms with van der Waals surface area (Å²) >= 11 is 1.38. The first-order valence-electron chi connectivity index (χ1n) is 7.58. The van der Waals surface area contributed by atoms with Crippen LogP contribution in [0.4, 0.5) is 5.69 Å². The molecule has 0 unspecified atom stereocenters. The first-order valence-corrected chi connectivity index (χ1v) is 8.46. The Labute approximate surface area is 140 Å². The summed E-state index contributed by atoms with van der Waals surface area (Å²) in [4.78, 5) is 24.3. The summed E-state index contributed by atoms with van der Waals surface area (Å²) in [5.74, 6) is -0.248. The Morgan fingerprint density at radius 1 is 1.09 bits per heavy atom. The Morgan fingerprint density at radius 2 is 1.78 bits per heavy atom. The van der Waals surface area contributed by atoms with Gasteiger partial charge in [-0.3, -0.25) is 9.59 Å². The maximum atomic E-state index is 11.9. The van der Waals surface area contributed by atoms with Gasteiger partial charge < -0.3 is 10.6 Å². The van der Waals surface area contributed by atoms with Gasteiger partial charge in [0.25, 0.3) is 5.91 Å². The number of carbonyl (C=O) groups excluding carboxylic acids is 2. The lowest BCUT2D eigenvalue weighted by atomic mass is 9.87. The molecule has 1 heterocycles. The van der Waals surface area contributed by atoms with Gasteiger partial charge in [0.1, 0.15) is 0 Å². The molecule has 0 aliphatic rings. The van der Waals surface area contributed by atoms with Crippen LogP contribution in [0.1, 0.15) is 42.4 Å². The molecule has 4 nitrogen and oxygen atoms in total. The molecule has 23 heavy (non-hydrogen) atoms. The Morgan fingerprint density at radius 3 is 2.35 bits per heavy atom. The van der Waals surface area contributed by atoms with Gasteiger partial charge in [0.15, 0.2) is 0 Å². The average molecular weight is 330 g/mol. The van der Waals surface area contributed by atoms with E-state index in [0.717, 1.165) is 5.69 Å². The standard InChI is InChI=1S/C18H22N2O2S/c1-18(2,3)13-6-8-14(9-7-13)20-16(21)10-11-19-17(22)15-5-4-12-23-15/h4-9,12H,10-11H2,1-3H3,(H,19,22)(H,20,21). The minimum Gasteiger partial charge on any atom is -0.351 e. The molecule has 1 aromatic carbocycles. The maximum Gasteiger partial charge on any atom is 0.261 e. The van der Waals surface area contributed by atoms with E-state index in [4.69, 9.17) is 0 Å². The third-order valence-electron chi connectivity index (χ3n) is 3.42. The van der Waals surface area contributed by atoms with E-state index < -0.39 is 0 Å². The van der Waals surface area contributed by atoms with E-state index >= 15 is 0 Å². The molecule has 0 aliphatic heterocycles. The molecule has 0 fully saturated rings. The van der Waals surface area contributed by atoms with Crippen molar-refractivity contribution in [2.24, 2.45) is 0 Å². The van der Waals surface area contributed by atoms with Crippen molar-refractivity contribution in [2.75, 3.05) is 11.9 Å². The van der Waals surface area contributed by atoms with Crippen LogP contribution in [0.2, 0.25) is 0 Å². The second-order valence-electron chi connectivity index (χ2n) is 6.36. The van der Waals surface area contributed by atoms with Crippen LogP contribution in [-0.2, 0) is 10.2 Å². The van der Waals surface area contributed by atoms with Crippen molar-refractivity contribution in [1.29, 1.82) is 0 Å². The van der Waals surface area contributed by atoms with E-state index in [0.29, 0.717) is 11.4 Å². The van der Waals surface area contributed by atoms with E-state index in [2.05, 4.69) is 31.4 Å². The van der Waals surface area contributed by atoms with Gasteiger partial charge in [-0.25, -0.2) is 0 Å². The van der Waals surface area contributed by atoms with Gasteiger partial charge in [-0.15, -0.1) is 11.3 Å². The molecule has 0 saturated carbocycles. The second kappa shape index (κ2) is 7.42. The minimum absolute atomic E-state index is 0.0919. The molecule has 2 amide bonds. The molecule has 0 aliphatic carbocycles. The molecule has 2 rings (SSSR count). The van der Waals surface area contributed by atoms with Crippen LogP contribution in [-0.4, -0.2) is 18.4 Å². The first-order chi connectivity index (χ1) is 10.9. The summed E-state index contributed by atoms with van der Waals surface area (Å²) in [6.45, 7) is 6.77. The summed E-state index contributed by atoms with van der Waals surface area (Å²) in [5.41, 5.74) is 2.08. The summed E-state index contributed by atoms with van der Waals surface area (Å²) in [6, 6.07) is 11.4. The van der Waals surface area contributed by atoms with E-state index in [1.54, 1.807) is 6.07 Å². The molecule has 0 radical (unpaired) electrons. The molecular weight excluding hydrogens is 308 g/mol. The molecular formula is C18H22N2O2S. The second-order valence-corrected chi connectivity index (χ2v) is 7.31. The van der Waals surface area contributed by atoms with E-state index in [1.165, 1.54) is 16.9 Å². The number of hydrogen-bond donors (Lipinski definition) is 2. The largest absolute Gasteiger partial charge is 0.351 e. The third kappa shape index (κ3) is 5.21. The zero-order valence-electron chi connectivity index (χ0n) is 13.7. The number of thiophene rings is 1. The van der Waals surface area contributed by atoms with E-state index in [1.807, 2.05) is 35.7 Å². The van der Waals surface area contributed by atoms with Gasteiger partial charge in [-0.1, -0.05) is 39.0 Å². The van der Waals surface area contributed by atoms with Gasteiger partial charge in [0, 0.05) is 18.7 Å². The molecule has 1 aromatic heterocycles. The third-order valence-corrected chi connectivity index (χ3v) is 4.29. The van der Waals surface area contributed by atoms with Crippen molar-refractivity contribution in [3.63, 3.8) is 0 Å². The molecule has 0 bridgehead atoms. The van der Waals surface area contributed by atoms with Gasteiger partial charge in [-0.05, 0) is 34.6 Å². The maximum absolute atomic E-state index is 11.9. The minimum atomic E-state index is -0.137. The Kier molecular flexibility index (Phi) is 5.55. The predicted molar refractivity (Wildman–Crippen MR) is 95.0 cm³/mol. The van der Waals surface area contributed by atoms with Gasteiger partial charge in [0.05, 0.1) is 4.88 Å². The molecule has 0 spiro atoms. The fraction of sp³-hybridized carbons (Fsp3) is 0.333. The lowest BCUT2D eigenvalue weighted by molar-refractivity contribution is -0.116. The number of nitrogens with one attached hydrogen (secondary N) is 2. The molecule has 0 atom stereocenters. The molecule has 122 valence electrons. The van der Waals surface area contributed by atoms with Crippen LogP contribution in [0.3, 0.4) is 0 Å². The molecule has 2 aromatic rings. The van der Waals surface area contributed by atoms with Crippen molar-refractivity contribution in [2.45, 2.75) is 32.6 Å². The normalized spacial score (nSPS) is 11.1. The highest BCUT2D eigenvalue weighted by atomic mass is 32.1. The highest BCUT2D eigenvalue weighted by Gasteiger charge is 2.13. The zero-order valence-corrected chi connectivity index (χ0v) is 14.5. The first kappa shape index (κ1) is 17.2. The number of benzene rings is 1. The topological polar surface area (TPSA) is 58.2 Å². The summed E-state index contributed by atoms with van der Waals surface area (Å²) < 4.78 is 0. The van der Waals surface area contributed by atoms with E-state index in [-0.39, 0.29) is 23.7 Å². The predicted octanol–water partition coefficient (Wildman–Crippen LogP) is 3.80. The van der Waals surface area contributed by atoms with Crippen molar-refractivity contribution in [1.82, 2.24) is 5.32 Å². The highest BCUT2D eigenvalue weighted by Crippen LogP contribution is 2.23. The Hall–Kier alpha value is -2.14. The number of amides is 2. The smallest absolute Gasteiger partial charge is 0.261 e. The van der Waals surface area contributed by atoms with Gasteiger partial charge >= 0.3 is 0 Å². The summed E-state index contributed by atoms with van der Waals surface area (Å²) in [5, 5.41) is 7.43. The molecule has 5 heteroatoms. The quantitative estimate of drug-likeness (QED) is 0.876. The Balaban J connectivity index is 1.77. The van der Waals surface area contributed by atoms with Gasteiger partial charge in [0.2, 0.25) is 5.91 Å². The zero-order chi connectivity index (χ0) is 16.9. The Bertz CT molecular complexity index is 655.